The summed E-state index contributed by atoms with van der Waals surface area (Å²) in [7, 11) is 1.58. The molecule has 3 saturated carbocycles. The summed E-state index contributed by atoms with van der Waals surface area (Å²) in [4.78, 5) is 42.8. The van der Waals surface area contributed by atoms with Gasteiger partial charge in [-0.2, -0.15) is 5.26 Å². The summed E-state index contributed by atoms with van der Waals surface area (Å²) in [6.07, 6.45) is 5.76. The lowest BCUT2D eigenvalue weighted by Gasteiger charge is -2.50. The Balaban J connectivity index is 1.23. The number of hydrogen-bond acceptors (Lipinski definition) is 5. The van der Waals surface area contributed by atoms with Crippen LogP contribution in [0, 0.1) is 40.9 Å². The first-order valence-corrected chi connectivity index (χ1v) is 13.4. The number of ether oxygens (including phenoxy) is 1. The molecule has 37 heavy (non-hydrogen) atoms. The summed E-state index contributed by atoms with van der Waals surface area (Å²) in [5, 5.41) is 20.2. The number of H-pyrrole nitrogens is 1. The number of benzene rings is 1. The molecule has 1 aromatic heterocycles. The fourth-order valence-corrected chi connectivity index (χ4v) is 7.03. The van der Waals surface area contributed by atoms with Crippen LogP contribution in [0.25, 0.3) is 10.9 Å². The van der Waals surface area contributed by atoms with Crippen molar-refractivity contribution in [2.24, 2.45) is 29.6 Å². The zero-order valence-corrected chi connectivity index (χ0v) is 21.0. The standard InChI is InChI=1S/C28H33N5O4/c1-37-23-4-2-3-20-18(23)12-22(31-20)25(34)32-21(11-15-5-6-15)26(35)33-28(14-29)8-7-16-9-17-13-30-27(36)24(17)19(28)10-16/h2-4,12,15-17,19,21,24,31H,5-11,13H2,1H3,(H,30,36)(H,32,34)(H,33,35)/t16?,17-,19?,21+,24+,28-/m1/s1. The van der Waals surface area contributed by atoms with Gasteiger partial charge in [0.15, 0.2) is 0 Å². The molecule has 9 nitrogen and oxygen atoms in total. The smallest absolute Gasteiger partial charge is 0.268 e. The van der Waals surface area contributed by atoms with Crippen molar-refractivity contribution in [2.75, 3.05) is 13.7 Å². The minimum atomic E-state index is -1.10. The summed E-state index contributed by atoms with van der Waals surface area (Å²) in [6, 6.07) is 8.95. The second-order valence-electron chi connectivity index (χ2n) is 11.4. The van der Waals surface area contributed by atoms with Crippen LogP contribution in [0.4, 0.5) is 0 Å². The molecule has 3 aliphatic carbocycles. The van der Waals surface area contributed by atoms with Crippen LogP contribution in [0.15, 0.2) is 24.3 Å². The van der Waals surface area contributed by atoms with Crippen molar-refractivity contribution in [3.05, 3.63) is 30.0 Å². The molecule has 2 unspecified atom stereocenters. The van der Waals surface area contributed by atoms with Crippen LogP contribution in [0.3, 0.4) is 0 Å². The molecule has 0 radical (unpaired) electrons. The first kappa shape index (κ1) is 23.8. The van der Waals surface area contributed by atoms with Crippen molar-refractivity contribution >= 4 is 28.6 Å². The minimum Gasteiger partial charge on any atom is -0.496 e. The van der Waals surface area contributed by atoms with Gasteiger partial charge in [0.2, 0.25) is 11.8 Å². The largest absolute Gasteiger partial charge is 0.496 e. The van der Waals surface area contributed by atoms with Gasteiger partial charge in [-0.05, 0) is 68.1 Å². The Morgan fingerprint density at radius 2 is 2.11 bits per heavy atom. The lowest BCUT2D eigenvalue weighted by Crippen LogP contribution is -2.63. The van der Waals surface area contributed by atoms with Crippen molar-refractivity contribution in [1.82, 2.24) is 20.9 Å². The molecule has 6 atom stereocenters. The highest BCUT2D eigenvalue weighted by Crippen LogP contribution is 2.52. The SMILES string of the molecule is COc1cccc2[nH]c(C(=O)N[C@@H](CC3CC3)C(=O)N[C@@]3(C#N)CCC4CC3[C@H]3C(=O)NC[C@H]3C4)cc12. The van der Waals surface area contributed by atoms with Gasteiger partial charge in [-0.25, -0.2) is 0 Å². The van der Waals surface area contributed by atoms with Crippen LogP contribution >= 0.6 is 0 Å². The Morgan fingerprint density at radius 1 is 1.27 bits per heavy atom. The highest BCUT2D eigenvalue weighted by atomic mass is 16.5. The lowest BCUT2D eigenvalue weighted by molar-refractivity contribution is -0.132. The molecule has 3 amide bonds. The van der Waals surface area contributed by atoms with E-state index in [1.807, 2.05) is 18.2 Å². The molecule has 1 aliphatic heterocycles. The Kier molecular flexibility index (Phi) is 5.85. The number of carbonyl (C=O) groups is 3. The number of hydrogen-bond donors (Lipinski definition) is 4. The molecule has 6 rings (SSSR count). The maximum absolute atomic E-state index is 13.7. The van der Waals surface area contributed by atoms with Crippen molar-refractivity contribution in [1.29, 1.82) is 5.26 Å². The third-order valence-electron chi connectivity index (χ3n) is 9.11. The number of methoxy groups -OCH3 is 1. The molecule has 9 heteroatoms. The topological polar surface area (TPSA) is 136 Å². The molecule has 1 saturated heterocycles. The van der Waals surface area contributed by atoms with E-state index in [0.717, 1.165) is 43.0 Å². The molecule has 1 aromatic carbocycles. The van der Waals surface area contributed by atoms with Crippen LogP contribution in [0.5, 0.6) is 5.75 Å². The number of aromatic amines is 1. The fraction of sp³-hybridized carbons (Fsp3) is 0.571. The summed E-state index contributed by atoms with van der Waals surface area (Å²) < 4.78 is 5.40. The lowest BCUT2D eigenvalue weighted by atomic mass is 9.56. The molecule has 4 aliphatic rings. The van der Waals surface area contributed by atoms with E-state index in [0.29, 0.717) is 42.7 Å². The predicted molar refractivity (Wildman–Crippen MR) is 135 cm³/mol. The molecular weight excluding hydrogens is 470 g/mol. The molecule has 2 bridgehead atoms. The molecule has 194 valence electrons. The van der Waals surface area contributed by atoms with Gasteiger partial charge in [0.25, 0.3) is 5.91 Å². The Labute approximate surface area is 215 Å². The Hall–Kier alpha value is -3.54. The molecule has 2 aromatic rings. The van der Waals surface area contributed by atoms with Crippen molar-refractivity contribution < 1.29 is 19.1 Å². The third-order valence-corrected chi connectivity index (χ3v) is 9.11. The van der Waals surface area contributed by atoms with Crippen LogP contribution in [-0.2, 0) is 9.59 Å². The van der Waals surface area contributed by atoms with Gasteiger partial charge < -0.3 is 25.7 Å². The molecule has 0 spiro atoms. The summed E-state index contributed by atoms with van der Waals surface area (Å²) >= 11 is 0. The number of nitrogens with one attached hydrogen (secondary N) is 4. The summed E-state index contributed by atoms with van der Waals surface area (Å²) in [5.41, 5.74) is 0.0236. The average Bonchev–Trinajstić information content (AvgIpc) is 3.48. The van der Waals surface area contributed by atoms with Crippen LogP contribution in [-0.4, -0.2) is 47.9 Å². The quantitative estimate of drug-likeness (QED) is 0.461. The van der Waals surface area contributed by atoms with E-state index in [4.69, 9.17) is 4.74 Å². The van der Waals surface area contributed by atoms with Crippen molar-refractivity contribution in [2.45, 2.75) is 56.5 Å². The van der Waals surface area contributed by atoms with Crippen molar-refractivity contribution in [3.8, 4) is 11.8 Å². The van der Waals surface area contributed by atoms with E-state index in [-0.39, 0.29) is 35.5 Å². The van der Waals surface area contributed by atoms with E-state index >= 15 is 0 Å². The second kappa shape index (κ2) is 9.09. The fourth-order valence-electron chi connectivity index (χ4n) is 7.03. The normalized spacial score (nSPS) is 31.1. The van der Waals surface area contributed by atoms with Gasteiger partial charge in [-0.1, -0.05) is 18.9 Å². The van der Waals surface area contributed by atoms with E-state index in [9.17, 15) is 19.6 Å². The summed E-state index contributed by atoms with van der Waals surface area (Å²) in [5.74, 6) is 0.591. The second-order valence-corrected chi connectivity index (χ2v) is 11.4. The zero-order valence-electron chi connectivity index (χ0n) is 21.0. The average molecular weight is 504 g/mol. The highest BCUT2D eigenvalue weighted by Gasteiger charge is 2.57. The molecule has 4 fully saturated rings. The van der Waals surface area contributed by atoms with E-state index < -0.39 is 11.6 Å². The minimum absolute atomic E-state index is 0.00120. The van der Waals surface area contributed by atoms with Gasteiger partial charge in [-0.3, -0.25) is 14.4 Å². The van der Waals surface area contributed by atoms with Gasteiger partial charge >= 0.3 is 0 Å². The molecule has 4 N–H and O–H groups in total. The molecular formula is C28H33N5O4. The number of rotatable bonds is 7. The van der Waals surface area contributed by atoms with Crippen LogP contribution in [0.2, 0.25) is 0 Å². The van der Waals surface area contributed by atoms with Gasteiger partial charge in [0.05, 0.1) is 13.2 Å². The number of fused-ring (bicyclic) bond motifs is 5. The van der Waals surface area contributed by atoms with Gasteiger partial charge in [0, 0.05) is 29.3 Å². The van der Waals surface area contributed by atoms with Crippen LogP contribution in [0.1, 0.15) is 55.4 Å². The Morgan fingerprint density at radius 3 is 2.86 bits per heavy atom. The van der Waals surface area contributed by atoms with Gasteiger partial charge in [-0.15, -0.1) is 0 Å². The highest BCUT2D eigenvalue weighted by molar-refractivity contribution is 6.01. The maximum atomic E-state index is 13.7. The first-order valence-electron chi connectivity index (χ1n) is 13.4. The van der Waals surface area contributed by atoms with Crippen molar-refractivity contribution in [3.63, 3.8) is 0 Å². The number of amides is 3. The number of carbonyl (C=O) groups excluding carboxylic acids is 3. The maximum Gasteiger partial charge on any atom is 0.268 e. The molecule has 2 heterocycles. The number of aromatic nitrogens is 1. The number of nitriles is 1. The predicted octanol–water partition coefficient (Wildman–Crippen LogP) is 2.64. The zero-order chi connectivity index (χ0) is 25.7. The van der Waals surface area contributed by atoms with E-state index in [1.54, 1.807) is 13.2 Å². The third kappa shape index (κ3) is 4.22. The monoisotopic (exact) mass is 503 g/mol. The summed E-state index contributed by atoms with van der Waals surface area (Å²) in [6.45, 7) is 0.654. The first-order chi connectivity index (χ1) is 17.9. The number of nitrogens with zero attached hydrogens (tertiary/aromatic N) is 1. The Bertz CT molecular complexity index is 1290. The van der Waals surface area contributed by atoms with E-state index in [2.05, 4.69) is 27.0 Å². The van der Waals surface area contributed by atoms with Gasteiger partial charge in [0.1, 0.15) is 23.0 Å². The van der Waals surface area contributed by atoms with Crippen LogP contribution < -0.4 is 20.7 Å². The van der Waals surface area contributed by atoms with E-state index in [1.165, 1.54) is 0 Å².